The van der Waals surface area contributed by atoms with Gasteiger partial charge in [-0.25, -0.2) is 0 Å². The Labute approximate surface area is 241 Å². The van der Waals surface area contributed by atoms with Crippen LogP contribution in [0.5, 0.6) is 0 Å². The van der Waals surface area contributed by atoms with Crippen molar-refractivity contribution in [2.45, 2.75) is 38.8 Å². The molecule has 0 aliphatic heterocycles. The van der Waals surface area contributed by atoms with Crippen LogP contribution < -0.4 is 21.3 Å². The molecule has 0 saturated carbocycles. The van der Waals surface area contributed by atoms with Gasteiger partial charge in [0, 0.05) is 34.4 Å². The molecule has 11 heteroatoms. The second kappa shape index (κ2) is 14.4. The Kier molecular flexibility index (Phi) is 10.9. The summed E-state index contributed by atoms with van der Waals surface area (Å²) in [5, 5.41) is 22.9. The maximum Gasteiger partial charge on any atom is 0.271 e. The molecule has 0 aliphatic rings. The van der Waals surface area contributed by atoms with E-state index < -0.39 is 17.0 Å². The Balaban J connectivity index is 1.76. The van der Waals surface area contributed by atoms with E-state index in [-0.39, 0.29) is 28.5 Å². The van der Waals surface area contributed by atoms with E-state index in [0.717, 1.165) is 10.0 Å². The largest absolute Gasteiger partial charge is 0.350 e. The van der Waals surface area contributed by atoms with Crippen LogP contribution in [0.3, 0.4) is 0 Å². The number of halogens is 1. The van der Waals surface area contributed by atoms with E-state index in [2.05, 4.69) is 37.2 Å². The van der Waals surface area contributed by atoms with Crippen molar-refractivity contribution in [3.05, 3.63) is 99.0 Å². The number of nitrogens with one attached hydrogen (secondary N) is 4. The number of hydrogen-bond donors (Lipinski definition) is 4. The highest BCUT2D eigenvalue weighted by atomic mass is 79.9. The van der Waals surface area contributed by atoms with Gasteiger partial charge in [0.25, 0.3) is 5.69 Å². The summed E-state index contributed by atoms with van der Waals surface area (Å²) < 4.78 is 0.881. The molecule has 3 aromatic rings. The van der Waals surface area contributed by atoms with Crippen LogP contribution in [0.1, 0.15) is 25.8 Å². The molecule has 0 bridgehead atoms. The number of rotatable bonds is 11. The van der Waals surface area contributed by atoms with Gasteiger partial charge in [-0.15, -0.1) is 0 Å². The van der Waals surface area contributed by atoms with Crippen LogP contribution in [0.4, 0.5) is 17.1 Å². The van der Waals surface area contributed by atoms with Crippen LogP contribution in [-0.2, 0) is 16.0 Å². The van der Waals surface area contributed by atoms with E-state index in [0.29, 0.717) is 24.2 Å². The molecule has 3 aromatic carbocycles. The van der Waals surface area contributed by atoms with Crippen molar-refractivity contribution < 1.29 is 14.5 Å². The lowest BCUT2D eigenvalue weighted by molar-refractivity contribution is -0.384. The number of benzene rings is 3. The van der Waals surface area contributed by atoms with Crippen molar-refractivity contribution in [1.29, 1.82) is 0 Å². The van der Waals surface area contributed by atoms with Gasteiger partial charge >= 0.3 is 0 Å². The van der Waals surface area contributed by atoms with E-state index in [1.807, 2.05) is 56.3 Å². The fourth-order valence-corrected chi connectivity index (χ4v) is 4.30. The van der Waals surface area contributed by atoms with Gasteiger partial charge in [-0.2, -0.15) is 0 Å². The second-order valence-electron chi connectivity index (χ2n) is 9.02. The minimum Gasteiger partial charge on any atom is -0.350 e. The lowest BCUT2D eigenvalue weighted by atomic mass is 9.97. The van der Waals surface area contributed by atoms with Crippen LogP contribution in [-0.4, -0.2) is 33.9 Å². The number of nitro groups is 1. The van der Waals surface area contributed by atoms with E-state index in [4.69, 9.17) is 12.2 Å². The highest BCUT2D eigenvalue weighted by Crippen LogP contribution is 2.18. The van der Waals surface area contributed by atoms with Gasteiger partial charge in [0.15, 0.2) is 5.11 Å². The summed E-state index contributed by atoms with van der Waals surface area (Å²) in [4.78, 5) is 37.4. The second-order valence-corrected chi connectivity index (χ2v) is 10.3. The summed E-state index contributed by atoms with van der Waals surface area (Å²) in [5.74, 6) is -0.879. The fraction of sp³-hybridized carbons (Fsp3) is 0.250. The zero-order valence-electron chi connectivity index (χ0n) is 21.5. The predicted molar refractivity (Wildman–Crippen MR) is 161 cm³/mol. The Bertz CT molecular complexity index is 1310. The van der Waals surface area contributed by atoms with E-state index in [9.17, 15) is 19.7 Å². The third-order valence-electron chi connectivity index (χ3n) is 6.12. The molecule has 204 valence electrons. The van der Waals surface area contributed by atoms with E-state index in [1.54, 1.807) is 24.3 Å². The van der Waals surface area contributed by atoms with Crippen LogP contribution in [0.2, 0.25) is 0 Å². The molecule has 9 nitrogen and oxygen atoms in total. The summed E-state index contributed by atoms with van der Waals surface area (Å²) in [6.07, 6.45) is 0.956. The van der Waals surface area contributed by atoms with Gasteiger partial charge in [-0.3, -0.25) is 19.7 Å². The number of anilines is 2. The number of nitro benzene ring substituents is 1. The van der Waals surface area contributed by atoms with Gasteiger partial charge in [0.2, 0.25) is 11.8 Å². The van der Waals surface area contributed by atoms with Crippen molar-refractivity contribution in [1.82, 2.24) is 10.6 Å². The SMILES string of the molecule is CC[C@H](C)[C@H](NC(=S)Nc1cccc([N+](=O)[O-])c1)C(=O)N[C@H](Cc1ccccc1)C(=O)Nc1ccc(Br)cc1. The Hall–Kier alpha value is -3.83. The Morgan fingerprint density at radius 3 is 2.26 bits per heavy atom. The minimum absolute atomic E-state index is 0.0837. The molecule has 0 spiro atoms. The lowest BCUT2D eigenvalue weighted by Crippen LogP contribution is -2.56. The number of non-ortho nitro benzene ring substituents is 1. The van der Waals surface area contributed by atoms with Gasteiger partial charge < -0.3 is 21.3 Å². The average Bonchev–Trinajstić information content (AvgIpc) is 2.92. The molecule has 0 aromatic heterocycles. The third-order valence-corrected chi connectivity index (χ3v) is 6.87. The first-order valence-corrected chi connectivity index (χ1v) is 13.6. The number of carbonyl (C=O) groups excluding carboxylic acids is 2. The first kappa shape index (κ1) is 29.7. The fourth-order valence-electron chi connectivity index (χ4n) is 3.79. The number of nitrogens with zero attached hydrogens (tertiary/aromatic N) is 1. The maximum atomic E-state index is 13.5. The zero-order valence-corrected chi connectivity index (χ0v) is 23.9. The highest BCUT2D eigenvalue weighted by molar-refractivity contribution is 9.10. The van der Waals surface area contributed by atoms with Crippen LogP contribution in [0.15, 0.2) is 83.3 Å². The minimum atomic E-state index is -0.852. The summed E-state index contributed by atoms with van der Waals surface area (Å²) in [6, 6.07) is 20.9. The summed E-state index contributed by atoms with van der Waals surface area (Å²) in [5.41, 5.74) is 1.83. The predicted octanol–water partition coefficient (Wildman–Crippen LogP) is 5.42. The molecule has 39 heavy (non-hydrogen) atoms. The van der Waals surface area contributed by atoms with E-state index in [1.165, 1.54) is 12.1 Å². The van der Waals surface area contributed by atoms with Crippen LogP contribution >= 0.6 is 28.1 Å². The van der Waals surface area contributed by atoms with Gasteiger partial charge in [-0.1, -0.05) is 72.6 Å². The number of amides is 2. The Morgan fingerprint density at radius 1 is 0.923 bits per heavy atom. The van der Waals surface area contributed by atoms with Crippen LogP contribution in [0.25, 0.3) is 0 Å². The first-order valence-electron chi connectivity index (χ1n) is 12.4. The smallest absolute Gasteiger partial charge is 0.271 e. The van der Waals surface area contributed by atoms with Crippen molar-refractivity contribution >= 4 is 62.1 Å². The topological polar surface area (TPSA) is 125 Å². The molecule has 0 saturated heterocycles. The number of thiocarbonyl (C=S) groups is 1. The first-order chi connectivity index (χ1) is 18.7. The quantitative estimate of drug-likeness (QED) is 0.129. The highest BCUT2D eigenvalue weighted by Gasteiger charge is 2.29. The average molecular weight is 613 g/mol. The van der Waals surface area contributed by atoms with Gasteiger partial charge in [0.05, 0.1) is 4.92 Å². The van der Waals surface area contributed by atoms with Crippen LogP contribution in [0, 0.1) is 16.0 Å². The zero-order chi connectivity index (χ0) is 28.4. The molecular weight excluding hydrogens is 582 g/mol. The molecule has 2 amide bonds. The standard InChI is InChI=1S/C28H30BrN5O4S/c1-3-18(2)25(33-28(39)31-22-10-7-11-23(17-22)34(37)38)27(36)32-24(16-19-8-5-4-6-9-19)26(35)30-21-14-12-20(29)13-15-21/h4-15,17-18,24-25H,3,16H2,1-2H3,(H,30,35)(H,32,36)(H2,31,33,39)/t18-,24+,25-/m0/s1. The molecule has 3 atom stereocenters. The summed E-state index contributed by atoms with van der Waals surface area (Å²) in [7, 11) is 0. The normalized spacial score (nSPS) is 12.9. The molecule has 0 unspecified atom stereocenters. The lowest BCUT2D eigenvalue weighted by Gasteiger charge is -2.27. The molecule has 0 heterocycles. The molecule has 0 fully saturated rings. The monoisotopic (exact) mass is 611 g/mol. The molecular formula is C28H30BrN5O4S. The molecule has 3 rings (SSSR count). The van der Waals surface area contributed by atoms with Gasteiger partial charge in [0.1, 0.15) is 12.1 Å². The molecule has 4 N–H and O–H groups in total. The van der Waals surface area contributed by atoms with Gasteiger partial charge in [-0.05, 0) is 54.0 Å². The summed E-state index contributed by atoms with van der Waals surface area (Å²) in [6.45, 7) is 3.85. The van der Waals surface area contributed by atoms with Crippen molar-refractivity contribution in [2.75, 3.05) is 10.6 Å². The third kappa shape index (κ3) is 9.15. The number of carbonyl (C=O) groups is 2. The molecule has 0 radical (unpaired) electrons. The Morgan fingerprint density at radius 2 is 1.62 bits per heavy atom. The van der Waals surface area contributed by atoms with E-state index >= 15 is 0 Å². The van der Waals surface area contributed by atoms with Crippen molar-refractivity contribution in [3.63, 3.8) is 0 Å². The number of hydrogen-bond acceptors (Lipinski definition) is 5. The maximum absolute atomic E-state index is 13.5. The van der Waals surface area contributed by atoms with Crippen molar-refractivity contribution in [2.24, 2.45) is 5.92 Å². The van der Waals surface area contributed by atoms with Crippen molar-refractivity contribution in [3.8, 4) is 0 Å². The molecule has 0 aliphatic carbocycles. The summed E-state index contributed by atoms with van der Waals surface area (Å²) >= 11 is 8.80.